The number of aliphatic hydroxyl groups is 1. The Labute approximate surface area is 121 Å². The monoisotopic (exact) mass is 288 g/mol. The Morgan fingerprint density at radius 2 is 1.71 bits per heavy atom. The number of aliphatic carboxylic acids is 1. The van der Waals surface area contributed by atoms with E-state index in [1.807, 2.05) is 29.1 Å². The number of aromatic nitrogens is 1. The summed E-state index contributed by atoms with van der Waals surface area (Å²) in [7, 11) is 0. The SMILES string of the molecule is C[C@@H](O)[C@H](NC(=O)c1ccc(-n2cccc2)cc1)C(=O)O. The molecule has 0 aliphatic rings. The van der Waals surface area contributed by atoms with Crippen molar-refractivity contribution in [2.24, 2.45) is 0 Å². The molecule has 1 aromatic heterocycles. The molecule has 3 N–H and O–H groups in total. The van der Waals surface area contributed by atoms with Crippen LogP contribution in [0, 0.1) is 0 Å². The van der Waals surface area contributed by atoms with Crippen LogP contribution in [-0.2, 0) is 4.79 Å². The van der Waals surface area contributed by atoms with Gasteiger partial charge >= 0.3 is 5.97 Å². The summed E-state index contributed by atoms with van der Waals surface area (Å²) in [5.41, 5.74) is 1.22. The highest BCUT2D eigenvalue weighted by molar-refractivity contribution is 5.96. The summed E-state index contributed by atoms with van der Waals surface area (Å²) in [6.07, 6.45) is 2.58. The van der Waals surface area contributed by atoms with Crippen molar-refractivity contribution in [3.05, 3.63) is 54.4 Å². The van der Waals surface area contributed by atoms with Gasteiger partial charge in [-0.05, 0) is 43.3 Å². The number of carboxylic acid groups (broad SMARTS) is 1. The van der Waals surface area contributed by atoms with E-state index in [1.165, 1.54) is 6.92 Å². The van der Waals surface area contributed by atoms with Crippen LogP contribution < -0.4 is 5.32 Å². The minimum Gasteiger partial charge on any atom is -0.480 e. The Hall–Kier alpha value is -2.60. The van der Waals surface area contributed by atoms with Gasteiger partial charge in [-0.15, -0.1) is 0 Å². The number of aliphatic hydroxyl groups excluding tert-OH is 1. The van der Waals surface area contributed by atoms with Crippen LogP contribution in [-0.4, -0.2) is 38.8 Å². The molecule has 1 aromatic carbocycles. The molecule has 6 nitrogen and oxygen atoms in total. The van der Waals surface area contributed by atoms with Crippen LogP contribution in [0.3, 0.4) is 0 Å². The van der Waals surface area contributed by atoms with Gasteiger partial charge in [0.1, 0.15) is 0 Å². The van der Waals surface area contributed by atoms with Gasteiger partial charge in [-0.1, -0.05) is 0 Å². The van der Waals surface area contributed by atoms with Crippen molar-refractivity contribution in [3.8, 4) is 5.69 Å². The van der Waals surface area contributed by atoms with Crippen molar-refractivity contribution in [1.82, 2.24) is 9.88 Å². The number of hydrogen-bond donors (Lipinski definition) is 3. The van der Waals surface area contributed by atoms with Crippen LogP contribution in [0.1, 0.15) is 17.3 Å². The zero-order valence-electron chi connectivity index (χ0n) is 11.4. The maximum Gasteiger partial charge on any atom is 0.328 e. The van der Waals surface area contributed by atoms with Crippen LogP contribution in [0.5, 0.6) is 0 Å². The summed E-state index contributed by atoms with van der Waals surface area (Å²) in [6, 6.07) is 9.17. The highest BCUT2D eigenvalue weighted by Crippen LogP contribution is 2.10. The second-order valence-electron chi connectivity index (χ2n) is 4.67. The van der Waals surface area contributed by atoms with E-state index in [-0.39, 0.29) is 0 Å². The molecular formula is C15H16N2O4. The van der Waals surface area contributed by atoms with Gasteiger partial charge in [-0.3, -0.25) is 4.79 Å². The number of carbonyl (C=O) groups excluding carboxylic acids is 1. The van der Waals surface area contributed by atoms with Crippen molar-refractivity contribution in [3.63, 3.8) is 0 Å². The van der Waals surface area contributed by atoms with Crippen molar-refractivity contribution in [1.29, 1.82) is 0 Å². The number of benzene rings is 1. The van der Waals surface area contributed by atoms with Gasteiger partial charge in [-0.25, -0.2) is 4.79 Å². The number of nitrogens with zero attached hydrogens (tertiary/aromatic N) is 1. The normalized spacial score (nSPS) is 13.4. The Balaban J connectivity index is 2.11. The summed E-state index contributed by atoms with van der Waals surface area (Å²) in [5, 5.41) is 20.6. The van der Waals surface area contributed by atoms with Gasteiger partial charge in [0.25, 0.3) is 5.91 Å². The second kappa shape index (κ2) is 6.23. The topological polar surface area (TPSA) is 91.6 Å². The minimum absolute atomic E-state index is 0.331. The fraction of sp³-hybridized carbons (Fsp3) is 0.200. The third-order valence-electron chi connectivity index (χ3n) is 3.07. The molecule has 2 aromatic rings. The van der Waals surface area contributed by atoms with Gasteiger partial charge in [0.15, 0.2) is 6.04 Å². The molecule has 110 valence electrons. The largest absolute Gasteiger partial charge is 0.480 e. The summed E-state index contributed by atoms with van der Waals surface area (Å²) >= 11 is 0. The third kappa shape index (κ3) is 3.49. The minimum atomic E-state index is -1.33. The molecule has 21 heavy (non-hydrogen) atoms. The zero-order valence-corrected chi connectivity index (χ0v) is 11.4. The standard InChI is InChI=1S/C15H16N2O4/c1-10(18)13(15(20)21)16-14(19)11-4-6-12(7-5-11)17-8-2-3-9-17/h2-10,13,18H,1H3,(H,16,19)(H,20,21)/t10-,13+/m1/s1. The Morgan fingerprint density at radius 1 is 1.14 bits per heavy atom. The molecule has 0 aliphatic heterocycles. The zero-order chi connectivity index (χ0) is 15.4. The number of carbonyl (C=O) groups is 2. The fourth-order valence-electron chi connectivity index (χ4n) is 1.90. The highest BCUT2D eigenvalue weighted by atomic mass is 16.4. The number of amides is 1. The number of nitrogens with one attached hydrogen (secondary N) is 1. The average molecular weight is 288 g/mol. The van der Waals surface area contributed by atoms with Gasteiger partial charge in [0.05, 0.1) is 6.10 Å². The van der Waals surface area contributed by atoms with E-state index in [1.54, 1.807) is 24.3 Å². The maximum absolute atomic E-state index is 12.0. The average Bonchev–Trinajstić information content (AvgIpc) is 2.98. The number of hydrogen-bond acceptors (Lipinski definition) is 3. The lowest BCUT2D eigenvalue weighted by Gasteiger charge is -2.17. The first-order valence-corrected chi connectivity index (χ1v) is 6.44. The molecule has 6 heteroatoms. The van der Waals surface area contributed by atoms with E-state index in [9.17, 15) is 14.7 Å². The first kappa shape index (κ1) is 14.8. The molecular weight excluding hydrogens is 272 g/mol. The van der Waals surface area contributed by atoms with E-state index in [2.05, 4.69) is 5.32 Å². The number of rotatable bonds is 5. The second-order valence-corrected chi connectivity index (χ2v) is 4.67. The number of carboxylic acids is 1. The van der Waals surface area contributed by atoms with E-state index in [4.69, 9.17) is 5.11 Å². The van der Waals surface area contributed by atoms with Crippen LogP contribution in [0.15, 0.2) is 48.8 Å². The molecule has 0 saturated heterocycles. The highest BCUT2D eigenvalue weighted by Gasteiger charge is 2.25. The summed E-state index contributed by atoms with van der Waals surface area (Å²) in [5.74, 6) is -1.82. The summed E-state index contributed by atoms with van der Waals surface area (Å²) in [4.78, 5) is 22.9. The van der Waals surface area contributed by atoms with Gasteiger partial charge in [0, 0.05) is 23.6 Å². The molecule has 0 fully saturated rings. The van der Waals surface area contributed by atoms with Crippen molar-refractivity contribution in [2.45, 2.75) is 19.1 Å². The first-order valence-electron chi connectivity index (χ1n) is 6.44. The molecule has 2 rings (SSSR count). The Kier molecular flexibility index (Phi) is 4.39. The molecule has 0 unspecified atom stereocenters. The molecule has 1 amide bonds. The summed E-state index contributed by atoms with van der Waals surface area (Å²) < 4.78 is 1.89. The van der Waals surface area contributed by atoms with Crippen LogP contribution in [0.4, 0.5) is 0 Å². The smallest absolute Gasteiger partial charge is 0.328 e. The molecule has 0 spiro atoms. The van der Waals surface area contributed by atoms with E-state index >= 15 is 0 Å². The lowest BCUT2D eigenvalue weighted by atomic mass is 10.1. The third-order valence-corrected chi connectivity index (χ3v) is 3.07. The van der Waals surface area contributed by atoms with Crippen LogP contribution >= 0.6 is 0 Å². The van der Waals surface area contributed by atoms with Gasteiger partial charge in [-0.2, -0.15) is 0 Å². The van der Waals surface area contributed by atoms with Crippen molar-refractivity contribution in [2.75, 3.05) is 0 Å². The van der Waals surface area contributed by atoms with E-state index < -0.39 is 24.0 Å². The summed E-state index contributed by atoms with van der Waals surface area (Å²) in [6.45, 7) is 1.31. The van der Waals surface area contributed by atoms with Crippen molar-refractivity contribution < 1.29 is 19.8 Å². The fourth-order valence-corrected chi connectivity index (χ4v) is 1.90. The van der Waals surface area contributed by atoms with E-state index in [0.29, 0.717) is 5.56 Å². The Bertz CT molecular complexity index is 618. The quantitative estimate of drug-likeness (QED) is 0.766. The molecule has 0 radical (unpaired) electrons. The van der Waals surface area contributed by atoms with Crippen molar-refractivity contribution >= 4 is 11.9 Å². The molecule has 0 bridgehead atoms. The lowest BCUT2D eigenvalue weighted by Crippen LogP contribution is -2.47. The first-order chi connectivity index (χ1) is 9.99. The van der Waals surface area contributed by atoms with Gasteiger partial charge in [0.2, 0.25) is 0 Å². The predicted octanol–water partition coefficient (Wildman–Crippen LogP) is 1.04. The lowest BCUT2D eigenvalue weighted by molar-refractivity contribution is -0.141. The predicted molar refractivity (Wildman–Crippen MR) is 76.3 cm³/mol. The molecule has 0 aliphatic carbocycles. The van der Waals surface area contributed by atoms with Crippen LogP contribution in [0.25, 0.3) is 5.69 Å². The Morgan fingerprint density at radius 3 is 2.19 bits per heavy atom. The molecule has 0 saturated carbocycles. The molecule has 2 atom stereocenters. The van der Waals surface area contributed by atoms with Gasteiger partial charge < -0.3 is 20.1 Å². The maximum atomic E-state index is 12.0. The van der Waals surface area contributed by atoms with Crippen LogP contribution in [0.2, 0.25) is 0 Å². The molecule has 1 heterocycles. The van der Waals surface area contributed by atoms with E-state index in [0.717, 1.165) is 5.69 Å².